The standard InChI is InChI=1S/C10H16N6O4S2/c1-11-9(21)15-13-5-6(14-16-10(22)12-2)8(19)20-7(5)4(18)3-17/h4,7,17-18H,3H2,1-2H3,(H2,11,15,21)(H2,12,16,22)/t4-,7+/m0/s1. The molecule has 0 aromatic carbocycles. The summed E-state index contributed by atoms with van der Waals surface area (Å²) in [6, 6.07) is 0. The van der Waals surface area contributed by atoms with Gasteiger partial charge in [0.25, 0.3) is 0 Å². The van der Waals surface area contributed by atoms with Crippen molar-refractivity contribution in [3.05, 3.63) is 0 Å². The lowest BCUT2D eigenvalue weighted by atomic mass is 10.1. The van der Waals surface area contributed by atoms with Gasteiger partial charge in [-0.25, -0.2) is 4.79 Å². The summed E-state index contributed by atoms with van der Waals surface area (Å²) in [5.41, 5.74) is 4.67. The molecule has 2 atom stereocenters. The third-order valence-corrected chi connectivity index (χ3v) is 3.07. The molecule has 10 nitrogen and oxygen atoms in total. The Bertz CT molecular complexity index is 524. The molecule has 1 fully saturated rings. The van der Waals surface area contributed by atoms with E-state index in [1.165, 1.54) is 0 Å². The van der Waals surface area contributed by atoms with Crippen molar-refractivity contribution >= 4 is 52.1 Å². The van der Waals surface area contributed by atoms with Crippen molar-refractivity contribution in [3.63, 3.8) is 0 Å². The lowest BCUT2D eigenvalue weighted by Crippen LogP contribution is -2.39. The molecule has 1 rings (SSSR count). The van der Waals surface area contributed by atoms with Crippen molar-refractivity contribution in [3.8, 4) is 0 Å². The van der Waals surface area contributed by atoms with Gasteiger partial charge in [-0.1, -0.05) is 0 Å². The molecule has 1 aliphatic rings. The number of aliphatic hydroxyl groups excluding tert-OH is 2. The van der Waals surface area contributed by atoms with Crippen LogP contribution in [0.4, 0.5) is 0 Å². The summed E-state index contributed by atoms with van der Waals surface area (Å²) in [7, 11) is 3.15. The highest BCUT2D eigenvalue weighted by atomic mass is 32.1. The molecule has 0 spiro atoms. The molecular formula is C10H16N6O4S2. The van der Waals surface area contributed by atoms with Gasteiger partial charge in [0.15, 0.2) is 22.0 Å². The predicted molar refractivity (Wildman–Crippen MR) is 87.4 cm³/mol. The zero-order valence-corrected chi connectivity index (χ0v) is 13.4. The zero-order valence-electron chi connectivity index (χ0n) is 11.8. The van der Waals surface area contributed by atoms with E-state index in [2.05, 4.69) is 31.7 Å². The molecule has 12 heteroatoms. The molecule has 0 saturated carbocycles. The van der Waals surface area contributed by atoms with Gasteiger partial charge in [-0.3, -0.25) is 10.9 Å². The maximum Gasteiger partial charge on any atom is 0.361 e. The minimum Gasteiger partial charge on any atom is -0.448 e. The monoisotopic (exact) mass is 348 g/mol. The second kappa shape index (κ2) is 8.53. The van der Waals surface area contributed by atoms with E-state index < -0.39 is 24.8 Å². The maximum absolute atomic E-state index is 11.8. The van der Waals surface area contributed by atoms with E-state index in [0.717, 1.165) is 0 Å². The van der Waals surface area contributed by atoms with Crippen LogP contribution in [0.1, 0.15) is 0 Å². The number of hydrogen-bond acceptors (Lipinski definition) is 8. The summed E-state index contributed by atoms with van der Waals surface area (Å²) in [5.74, 6) is -0.820. The number of nitrogens with zero attached hydrogens (tertiary/aromatic N) is 2. The van der Waals surface area contributed by atoms with Gasteiger partial charge < -0.3 is 25.6 Å². The van der Waals surface area contributed by atoms with Crippen molar-refractivity contribution < 1.29 is 19.7 Å². The van der Waals surface area contributed by atoms with Crippen molar-refractivity contribution in [2.24, 2.45) is 10.2 Å². The van der Waals surface area contributed by atoms with Gasteiger partial charge in [-0.15, -0.1) is 0 Å². The highest BCUT2D eigenvalue weighted by Crippen LogP contribution is 2.13. The Morgan fingerprint density at radius 2 is 1.82 bits per heavy atom. The summed E-state index contributed by atoms with van der Waals surface area (Å²) < 4.78 is 4.95. The van der Waals surface area contributed by atoms with Gasteiger partial charge in [0.2, 0.25) is 0 Å². The first-order valence-electron chi connectivity index (χ1n) is 6.05. The van der Waals surface area contributed by atoms with Gasteiger partial charge in [0.1, 0.15) is 11.8 Å². The molecule has 122 valence electrons. The van der Waals surface area contributed by atoms with Crippen LogP contribution in [0.5, 0.6) is 0 Å². The normalized spacial score (nSPS) is 22.2. The van der Waals surface area contributed by atoms with E-state index in [1.807, 2.05) is 0 Å². The van der Waals surface area contributed by atoms with Crippen LogP contribution in [0.15, 0.2) is 10.2 Å². The fraction of sp³-hybridized carbons (Fsp3) is 0.500. The minimum atomic E-state index is -1.35. The van der Waals surface area contributed by atoms with Crippen molar-refractivity contribution in [1.82, 2.24) is 21.5 Å². The maximum atomic E-state index is 11.8. The van der Waals surface area contributed by atoms with Crippen molar-refractivity contribution in [2.45, 2.75) is 12.2 Å². The van der Waals surface area contributed by atoms with E-state index in [-0.39, 0.29) is 21.6 Å². The SMILES string of the molecule is CNC(=S)NN=C1C(=O)O[C@H]([C@@H](O)CO)C1=NNC(=S)NC. The van der Waals surface area contributed by atoms with Gasteiger partial charge in [-0.2, -0.15) is 10.2 Å². The molecule has 0 aromatic rings. The third-order valence-electron chi connectivity index (χ3n) is 2.48. The Kier molecular flexibility index (Phi) is 7.04. The molecule has 0 unspecified atom stereocenters. The molecule has 6 N–H and O–H groups in total. The van der Waals surface area contributed by atoms with Crippen LogP contribution < -0.4 is 21.5 Å². The number of ether oxygens (including phenoxy) is 1. The Morgan fingerprint density at radius 1 is 1.27 bits per heavy atom. The smallest absolute Gasteiger partial charge is 0.361 e. The Hall–Kier alpha value is -1.89. The lowest BCUT2D eigenvalue weighted by Gasteiger charge is -2.14. The average molecular weight is 348 g/mol. The molecule has 22 heavy (non-hydrogen) atoms. The highest BCUT2D eigenvalue weighted by Gasteiger charge is 2.42. The number of esters is 1. The zero-order chi connectivity index (χ0) is 16.7. The summed E-state index contributed by atoms with van der Waals surface area (Å²) in [6.45, 7) is -0.622. The second-order valence-electron chi connectivity index (χ2n) is 3.92. The Balaban J connectivity index is 3.07. The van der Waals surface area contributed by atoms with Crippen LogP contribution in [0.25, 0.3) is 0 Å². The van der Waals surface area contributed by atoms with Gasteiger partial charge in [0, 0.05) is 14.1 Å². The molecule has 0 aromatic heterocycles. The number of rotatable bonds is 4. The van der Waals surface area contributed by atoms with Crippen LogP contribution >= 0.6 is 24.4 Å². The Labute approximate surface area is 137 Å². The molecule has 1 saturated heterocycles. The number of carbonyl (C=O) groups excluding carboxylic acids is 1. The van der Waals surface area contributed by atoms with Crippen molar-refractivity contribution in [2.75, 3.05) is 20.7 Å². The molecule has 0 bridgehead atoms. The number of aliphatic hydroxyl groups is 2. The molecule has 1 aliphatic heterocycles. The fourth-order valence-corrected chi connectivity index (χ4v) is 1.46. The first-order valence-corrected chi connectivity index (χ1v) is 6.87. The van der Waals surface area contributed by atoms with Gasteiger partial charge in [-0.05, 0) is 24.4 Å². The largest absolute Gasteiger partial charge is 0.448 e. The number of carbonyl (C=O) groups is 1. The number of nitrogens with one attached hydrogen (secondary N) is 4. The molecular weight excluding hydrogens is 332 g/mol. The van der Waals surface area contributed by atoms with Crippen molar-refractivity contribution in [1.29, 1.82) is 0 Å². The first-order chi connectivity index (χ1) is 10.4. The topological polar surface area (TPSA) is 140 Å². The van der Waals surface area contributed by atoms with E-state index in [0.29, 0.717) is 0 Å². The van der Waals surface area contributed by atoms with E-state index in [9.17, 15) is 9.90 Å². The number of hydrazone groups is 2. The van der Waals surface area contributed by atoms with Crippen LogP contribution in [-0.2, 0) is 9.53 Å². The number of cyclic esters (lactones) is 1. The van der Waals surface area contributed by atoms with E-state index in [1.54, 1.807) is 14.1 Å². The Morgan fingerprint density at radius 3 is 2.32 bits per heavy atom. The summed E-state index contributed by atoms with van der Waals surface area (Å²) in [5, 5.41) is 32.0. The van der Waals surface area contributed by atoms with Crippen LogP contribution in [0, 0.1) is 0 Å². The average Bonchev–Trinajstić information content (AvgIpc) is 2.85. The lowest BCUT2D eigenvalue weighted by molar-refractivity contribution is -0.140. The quantitative estimate of drug-likeness (QED) is 0.179. The molecule has 0 aliphatic carbocycles. The van der Waals surface area contributed by atoms with E-state index in [4.69, 9.17) is 34.3 Å². The number of thiocarbonyl (C=S) groups is 2. The fourth-order valence-electron chi connectivity index (χ4n) is 1.37. The van der Waals surface area contributed by atoms with Crippen LogP contribution in [0.3, 0.4) is 0 Å². The molecule has 0 radical (unpaired) electrons. The number of hydrogen-bond donors (Lipinski definition) is 6. The molecule has 1 heterocycles. The summed E-state index contributed by atoms with van der Waals surface area (Å²) in [6.07, 6.45) is -2.52. The minimum absolute atomic E-state index is 0.0180. The second-order valence-corrected chi connectivity index (χ2v) is 4.73. The third kappa shape index (κ3) is 4.56. The van der Waals surface area contributed by atoms with Crippen LogP contribution in [0.2, 0.25) is 0 Å². The summed E-state index contributed by atoms with van der Waals surface area (Å²) in [4.78, 5) is 11.8. The summed E-state index contributed by atoms with van der Waals surface area (Å²) >= 11 is 9.70. The van der Waals surface area contributed by atoms with Gasteiger partial charge >= 0.3 is 5.97 Å². The highest BCUT2D eigenvalue weighted by molar-refractivity contribution is 7.80. The van der Waals surface area contributed by atoms with E-state index >= 15 is 0 Å². The molecule has 0 amide bonds. The first kappa shape index (κ1) is 18.2. The van der Waals surface area contributed by atoms with Crippen LogP contribution in [-0.4, -0.2) is 70.7 Å². The predicted octanol–water partition coefficient (Wildman–Crippen LogP) is -2.84. The van der Waals surface area contributed by atoms with Gasteiger partial charge in [0.05, 0.1) is 6.61 Å².